The van der Waals surface area contributed by atoms with Crippen LogP contribution in [0.4, 0.5) is 5.69 Å². The average molecular weight is 330 g/mol. The van der Waals surface area contributed by atoms with E-state index in [1.165, 1.54) is 4.88 Å². The summed E-state index contributed by atoms with van der Waals surface area (Å²) in [5.74, 6) is 0.526. The van der Waals surface area contributed by atoms with Crippen LogP contribution in [0.1, 0.15) is 11.3 Å². The number of benzene rings is 1. The van der Waals surface area contributed by atoms with Gasteiger partial charge in [0.1, 0.15) is 5.75 Å². The molecule has 0 unspecified atom stereocenters. The van der Waals surface area contributed by atoms with E-state index in [-0.39, 0.29) is 24.8 Å². The van der Waals surface area contributed by atoms with E-state index in [0.29, 0.717) is 18.8 Å². The fourth-order valence-electron chi connectivity index (χ4n) is 2.48. The van der Waals surface area contributed by atoms with Gasteiger partial charge in [-0.1, -0.05) is 18.2 Å². The Hall–Kier alpha value is -2.34. The van der Waals surface area contributed by atoms with Gasteiger partial charge in [-0.3, -0.25) is 9.59 Å². The molecule has 0 spiro atoms. The second-order valence-corrected chi connectivity index (χ2v) is 6.26. The van der Waals surface area contributed by atoms with Crippen LogP contribution in [0.3, 0.4) is 0 Å². The number of fused-ring (bicyclic) bond motifs is 1. The molecule has 1 N–H and O–H groups in total. The molecule has 1 aliphatic rings. The molecule has 2 amide bonds. The van der Waals surface area contributed by atoms with E-state index in [2.05, 4.69) is 11.4 Å². The number of nitrogens with one attached hydrogen (secondary N) is 1. The molecule has 2 heterocycles. The van der Waals surface area contributed by atoms with E-state index in [4.69, 9.17) is 4.74 Å². The zero-order valence-electron chi connectivity index (χ0n) is 12.7. The highest BCUT2D eigenvalue weighted by Gasteiger charge is 2.25. The maximum Gasteiger partial charge on any atom is 0.265 e. The molecule has 2 aromatic rings. The molecule has 5 nitrogen and oxygen atoms in total. The van der Waals surface area contributed by atoms with Gasteiger partial charge in [0.05, 0.1) is 5.69 Å². The fraction of sp³-hybridized carbons (Fsp3) is 0.294. The van der Waals surface area contributed by atoms with Gasteiger partial charge in [-0.25, -0.2) is 0 Å². The number of nitrogens with zero attached hydrogens (tertiary/aromatic N) is 1. The number of amides is 2. The third-order valence-corrected chi connectivity index (χ3v) is 4.58. The van der Waals surface area contributed by atoms with Crippen molar-refractivity contribution in [3.05, 3.63) is 46.7 Å². The van der Waals surface area contributed by atoms with Crippen molar-refractivity contribution in [3.63, 3.8) is 0 Å². The molecule has 3 rings (SSSR count). The lowest BCUT2D eigenvalue weighted by molar-refractivity contribution is -0.122. The van der Waals surface area contributed by atoms with Crippen LogP contribution < -0.4 is 15.0 Å². The Balaban J connectivity index is 1.49. The summed E-state index contributed by atoms with van der Waals surface area (Å²) in [4.78, 5) is 26.8. The second-order valence-electron chi connectivity index (χ2n) is 5.23. The first-order valence-electron chi connectivity index (χ1n) is 7.55. The number of thiophene rings is 1. The molecule has 0 saturated heterocycles. The first-order chi connectivity index (χ1) is 11.2. The maximum atomic E-state index is 12.0. The smallest absolute Gasteiger partial charge is 0.265 e. The van der Waals surface area contributed by atoms with Crippen molar-refractivity contribution < 1.29 is 14.3 Å². The number of carbonyl (C=O) groups is 2. The SMILES string of the molecule is O=C(CCN1C(=O)COc2ccccc21)NCCc1cccs1. The summed E-state index contributed by atoms with van der Waals surface area (Å²) in [6, 6.07) is 11.4. The molecular weight excluding hydrogens is 312 g/mol. The predicted octanol–water partition coefficient (Wildman–Crippen LogP) is 2.22. The van der Waals surface area contributed by atoms with Crippen molar-refractivity contribution in [3.8, 4) is 5.75 Å². The predicted molar refractivity (Wildman–Crippen MR) is 89.9 cm³/mol. The molecule has 6 heteroatoms. The highest BCUT2D eigenvalue weighted by molar-refractivity contribution is 7.09. The number of ether oxygens (including phenoxy) is 1. The van der Waals surface area contributed by atoms with Crippen molar-refractivity contribution in [2.24, 2.45) is 0 Å². The minimum atomic E-state index is -0.116. The highest BCUT2D eigenvalue weighted by atomic mass is 32.1. The summed E-state index contributed by atoms with van der Waals surface area (Å²) in [7, 11) is 0. The molecule has 0 radical (unpaired) electrons. The van der Waals surface area contributed by atoms with E-state index < -0.39 is 0 Å². The van der Waals surface area contributed by atoms with Crippen LogP contribution in [0.2, 0.25) is 0 Å². The van der Waals surface area contributed by atoms with Crippen LogP contribution in [0.15, 0.2) is 41.8 Å². The van der Waals surface area contributed by atoms with Crippen LogP contribution in [-0.2, 0) is 16.0 Å². The lowest BCUT2D eigenvalue weighted by atomic mass is 10.2. The minimum absolute atomic E-state index is 0.0248. The number of hydrogen-bond acceptors (Lipinski definition) is 4. The van der Waals surface area contributed by atoms with Gasteiger partial charge in [-0.05, 0) is 30.0 Å². The van der Waals surface area contributed by atoms with E-state index in [1.54, 1.807) is 16.2 Å². The summed E-state index contributed by atoms with van der Waals surface area (Å²) in [5.41, 5.74) is 0.732. The molecule has 120 valence electrons. The summed E-state index contributed by atoms with van der Waals surface area (Å²) in [5, 5.41) is 4.92. The monoisotopic (exact) mass is 330 g/mol. The molecule has 0 saturated carbocycles. The van der Waals surface area contributed by atoms with E-state index >= 15 is 0 Å². The first-order valence-corrected chi connectivity index (χ1v) is 8.43. The Morgan fingerprint density at radius 2 is 2.13 bits per heavy atom. The highest BCUT2D eigenvalue weighted by Crippen LogP contribution is 2.31. The molecular formula is C17H18N2O3S. The van der Waals surface area contributed by atoms with Gasteiger partial charge in [0, 0.05) is 24.4 Å². The lowest BCUT2D eigenvalue weighted by Crippen LogP contribution is -2.41. The molecule has 1 aromatic heterocycles. The van der Waals surface area contributed by atoms with E-state index in [1.807, 2.05) is 35.7 Å². The topological polar surface area (TPSA) is 58.6 Å². The molecule has 23 heavy (non-hydrogen) atoms. The van der Waals surface area contributed by atoms with Crippen LogP contribution in [0, 0.1) is 0 Å². The fourth-order valence-corrected chi connectivity index (χ4v) is 3.19. The Morgan fingerprint density at radius 3 is 2.96 bits per heavy atom. The van der Waals surface area contributed by atoms with Crippen LogP contribution in [0.25, 0.3) is 0 Å². The van der Waals surface area contributed by atoms with Gasteiger partial charge in [-0.15, -0.1) is 11.3 Å². The minimum Gasteiger partial charge on any atom is -0.482 e. The molecule has 0 aliphatic carbocycles. The second kappa shape index (κ2) is 7.28. The zero-order chi connectivity index (χ0) is 16.1. The Bertz CT molecular complexity index is 685. The quantitative estimate of drug-likeness (QED) is 0.883. The average Bonchev–Trinajstić information content (AvgIpc) is 3.07. The summed E-state index contributed by atoms with van der Waals surface area (Å²) < 4.78 is 5.39. The molecule has 0 bridgehead atoms. The first kappa shape index (κ1) is 15.6. The zero-order valence-corrected chi connectivity index (χ0v) is 13.5. The summed E-state index contributed by atoms with van der Waals surface area (Å²) in [6.45, 7) is 1.01. The van der Waals surface area contributed by atoms with Crippen LogP contribution in [-0.4, -0.2) is 31.5 Å². The van der Waals surface area contributed by atoms with Crippen LogP contribution in [0.5, 0.6) is 5.75 Å². The standard InChI is InChI=1S/C17H18N2O3S/c20-16(18-9-7-13-4-3-11-23-13)8-10-19-14-5-1-2-6-15(14)22-12-17(19)21/h1-6,11H,7-10,12H2,(H,18,20). The van der Waals surface area contributed by atoms with Gasteiger partial charge in [-0.2, -0.15) is 0 Å². The molecule has 1 aromatic carbocycles. The maximum absolute atomic E-state index is 12.0. The molecule has 0 atom stereocenters. The normalized spacial score (nSPS) is 13.4. The third kappa shape index (κ3) is 3.90. The van der Waals surface area contributed by atoms with Gasteiger partial charge >= 0.3 is 0 Å². The summed E-state index contributed by atoms with van der Waals surface area (Å²) in [6.07, 6.45) is 1.12. The van der Waals surface area contributed by atoms with E-state index in [9.17, 15) is 9.59 Å². The van der Waals surface area contributed by atoms with Crippen molar-refractivity contribution >= 4 is 28.8 Å². The van der Waals surface area contributed by atoms with Crippen molar-refractivity contribution in [1.82, 2.24) is 5.32 Å². The molecule has 0 fully saturated rings. The number of para-hydroxylation sites is 2. The third-order valence-electron chi connectivity index (χ3n) is 3.64. The van der Waals surface area contributed by atoms with Crippen molar-refractivity contribution in [2.45, 2.75) is 12.8 Å². The van der Waals surface area contributed by atoms with Gasteiger partial charge in [0.2, 0.25) is 5.91 Å². The van der Waals surface area contributed by atoms with Gasteiger partial charge < -0.3 is 15.0 Å². The van der Waals surface area contributed by atoms with Crippen molar-refractivity contribution in [2.75, 3.05) is 24.6 Å². The number of rotatable bonds is 6. The van der Waals surface area contributed by atoms with Crippen LogP contribution >= 0.6 is 11.3 Å². The summed E-state index contributed by atoms with van der Waals surface area (Å²) >= 11 is 1.69. The Kier molecular flexibility index (Phi) is 4.92. The Labute approximate surface area is 138 Å². The number of carbonyl (C=O) groups excluding carboxylic acids is 2. The number of anilines is 1. The van der Waals surface area contributed by atoms with Gasteiger partial charge in [0.25, 0.3) is 5.91 Å². The Morgan fingerprint density at radius 1 is 1.26 bits per heavy atom. The van der Waals surface area contributed by atoms with Gasteiger partial charge in [0.15, 0.2) is 6.61 Å². The molecule has 1 aliphatic heterocycles. The van der Waals surface area contributed by atoms with E-state index in [0.717, 1.165) is 12.1 Å². The largest absolute Gasteiger partial charge is 0.482 e. The van der Waals surface area contributed by atoms with Crippen molar-refractivity contribution in [1.29, 1.82) is 0 Å². The lowest BCUT2D eigenvalue weighted by Gasteiger charge is -2.29. The number of hydrogen-bond donors (Lipinski definition) is 1.